The average molecular weight is 444 g/mol. The lowest BCUT2D eigenvalue weighted by Gasteiger charge is -2.37. The molecule has 0 spiro atoms. The van der Waals surface area contributed by atoms with Crippen molar-refractivity contribution in [3.63, 3.8) is 0 Å². The number of carbonyl (C=O) groups is 1. The van der Waals surface area contributed by atoms with Crippen LogP contribution >= 0.6 is 11.3 Å². The number of ether oxygens (including phenoxy) is 1. The van der Waals surface area contributed by atoms with Crippen LogP contribution in [0.15, 0.2) is 72.8 Å². The van der Waals surface area contributed by atoms with Crippen LogP contribution in [0.1, 0.15) is 16.7 Å². The van der Waals surface area contributed by atoms with Crippen molar-refractivity contribution in [3.8, 4) is 5.75 Å². The average Bonchev–Trinajstić information content (AvgIpc) is 3.19. The number of hydrogen-bond donors (Lipinski definition) is 1. The molecule has 5 nitrogen and oxygen atoms in total. The molecule has 4 aromatic rings. The zero-order valence-electron chi connectivity index (χ0n) is 18.0. The van der Waals surface area contributed by atoms with E-state index in [2.05, 4.69) is 35.3 Å². The van der Waals surface area contributed by atoms with Crippen molar-refractivity contribution in [2.45, 2.75) is 20.1 Å². The zero-order valence-corrected chi connectivity index (χ0v) is 18.8. The third-order valence-corrected chi connectivity index (χ3v) is 6.77. The van der Waals surface area contributed by atoms with Crippen molar-refractivity contribution in [3.05, 3.63) is 89.5 Å². The second-order valence-electron chi connectivity index (χ2n) is 8.21. The first kappa shape index (κ1) is 20.5. The molecule has 6 heteroatoms. The number of aryl methyl sites for hydroxylation is 1. The van der Waals surface area contributed by atoms with Gasteiger partial charge in [-0.15, -0.1) is 0 Å². The highest BCUT2D eigenvalue weighted by atomic mass is 32.1. The molecule has 0 aliphatic carbocycles. The molecular formula is C26H25N3O2S. The van der Waals surface area contributed by atoms with Gasteiger partial charge in [0.1, 0.15) is 12.4 Å². The molecule has 1 aromatic heterocycles. The van der Waals surface area contributed by atoms with Crippen LogP contribution in [0.5, 0.6) is 5.75 Å². The van der Waals surface area contributed by atoms with E-state index in [4.69, 9.17) is 9.72 Å². The van der Waals surface area contributed by atoms with E-state index in [0.717, 1.165) is 40.6 Å². The number of benzene rings is 3. The summed E-state index contributed by atoms with van der Waals surface area (Å²) in [5, 5.41) is 4.06. The van der Waals surface area contributed by atoms with E-state index in [1.807, 2.05) is 54.6 Å². The van der Waals surface area contributed by atoms with E-state index >= 15 is 0 Å². The van der Waals surface area contributed by atoms with Gasteiger partial charge in [0.05, 0.1) is 16.1 Å². The van der Waals surface area contributed by atoms with Gasteiger partial charge in [0.15, 0.2) is 5.13 Å². The lowest BCUT2D eigenvalue weighted by Crippen LogP contribution is -2.53. The molecule has 1 saturated heterocycles. The van der Waals surface area contributed by atoms with Crippen LogP contribution in [0.25, 0.3) is 10.2 Å². The van der Waals surface area contributed by atoms with Crippen LogP contribution in [0.4, 0.5) is 5.13 Å². The summed E-state index contributed by atoms with van der Waals surface area (Å²) in [4.78, 5) is 19.4. The molecule has 0 radical (unpaired) electrons. The number of aromatic nitrogens is 1. The molecule has 1 aliphatic heterocycles. The molecule has 3 aromatic carbocycles. The van der Waals surface area contributed by atoms with Gasteiger partial charge in [0.2, 0.25) is 5.91 Å². The van der Waals surface area contributed by atoms with Gasteiger partial charge in [-0.1, -0.05) is 59.9 Å². The molecule has 1 N–H and O–H groups in total. The first-order chi connectivity index (χ1) is 15.6. The maximum absolute atomic E-state index is 12.5. The highest BCUT2D eigenvalue weighted by Crippen LogP contribution is 2.33. The summed E-state index contributed by atoms with van der Waals surface area (Å²) in [6, 6.07) is 24.3. The lowest BCUT2D eigenvalue weighted by molar-refractivity contribution is -0.125. The van der Waals surface area contributed by atoms with Crippen molar-refractivity contribution < 1.29 is 9.53 Å². The fourth-order valence-electron chi connectivity index (χ4n) is 3.73. The molecule has 2 heterocycles. The maximum atomic E-state index is 12.5. The highest BCUT2D eigenvalue weighted by molar-refractivity contribution is 7.22. The van der Waals surface area contributed by atoms with Gasteiger partial charge in [-0.2, -0.15) is 0 Å². The van der Waals surface area contributed by atoms with Gasteiger partial charge >= 0.3 is 0 Å². The SMILES string of the molecule is Cc1ccc2nc(N3CC(C(=O)NCc4ccc(OCc5ccccc5)cc4)C3)sc2c1. The van der Waals surface area contributed by atoms with Gasteiger partial charge < -0.3 is 15.0 Å². The van der Waals surface area contributed by atoms with Crippen LogP contribution in [0, 0.1) is 12.8 Å². The highest BCUT2D eigenvalue weighted by Gasteiger charge is 2.34. The standard InChI is InChI=1S/C26H25N3O2S/c1-18-7-12-23-24(13-18)32-26(28-23)29-15-21(16-29)25(30)27-14-19-8-10-22(11-9-19)31-17-20-5-3-2-4-6-20/h2-13,21H,14-17H2,1H3,(H,27,30). The largest absolute Gasteiger partial charge is 0.489 e. The molecule has 1 aliphatic rings. The van der Waals surface area contributed by atoms with E-state index in [1.54, 1.807) is 11.3 Å². The third kappa shape index (κ3) is 4.60. The second kappa shape index (κ2) is 9.01. The van der Waals surface area contributed by atoms with Crippen LogP contribution in [0.3, 0.4) is 0 Å². The summed E-state index contributed by atoms with van der Waals surface area (Å²) in [7, 11) is 0. The van der Waals surface area contributed by atoms with Crippen LogP contribution in [-0.2, 0) is 17.9 Å². The molecule has 162 valence electrons. The van der Waals surface area contributed by atoms with Gasteiger partial charge in [0.25, 0.3) is 0 Å². The number of nitrogens with zero attached hydrogens (tertiary/aromatic N) is 2. The molecule has 0 saturated carbocycles. The minimum atomic E-state index is 0.0113. The number of thiazole rings is 1. The Balaban J connectivity index is 1.08. The van der Waals surface area contributed by atoms with Gasteiger partial charge in [-0.25, -0.2) is 4.98 Å². The summed E-state index contributed by atoms with van der Waals surface area (Å²) < 4.78 is 7.02. The quantitative estimate of drug-likeness (QED) is 0.440. The van der Waals surface area contributed by atoms with E-state index in [0.29, 0.717) is 13.2 Å². The second-order valence-corrected chi connectivity index (χ2v) is 9.21. The molecular weight excluding hydrogens is 418 g/mol. The predicted molar refractivity (Wildman–Crippen MR) is 129 cm³/mol. The molecule has 5 rings (SSSR count). The first-order valence-electron chi connectivity index (χ1n) is 10.8. The Morgan fingerprint density at radius 2 is 1.84 bits per heavy atom. The predicted octanol–water partition coefficient (Wildman–Crippen LogP) is 4.94. The van der Waals surface area contributed by atoms with Crippen LogP contribution < -0.4 is 15.0 Å². The smallest absolute Gasteiger partial charge is 0.226 e. The van der Waals surface area contributed by atoms with E-state index in [1.165, 1.54) is 10.3 Å². The van der Waals surface area contributed by atoms with Gasteiger partial charge in [-0.3, -0.25) is 4.79 Å². The van der Waals surface area contributed by atoms with E-state index in [-0.39, 0.29) is 11.8 Å². The molecule has 0 atom stereocenters. The molecule has 32 heavy (non-hydrogen) atoms. The van der Waals surface area contributed by atoms with E-state index in [9.17, 15) is 4.79 Å². The van der Waals surface area contributed by atoms with E-state index < -0.39 is 0 Å². The van der Waals surface area contributed by atoms with Gasteiger partial charge in [-0.05, 0) is 47.9 Å². The minimum Gasteiger partial charge on any atom is -0.489 e. The molecule has 1 amide bonds. The molecule has 1 fully saturated rings. The number of anilines is 1. The fourth-order valence-corrected chi connectivity index (χ4v) is 4.82. The van der Waals surface area contributed by atoms with Crippen molar-refractivity contribution in [2.75, 3.05) is 18.0 Å². The van der Waals surface area contributed by atoms with Gasteiger partial charge in [0, 0.05) is 19.6 Å². The Morgan fingerprint density at radius 1 is 1.06 bits per heavy atom. The number of hydrogen-bond acceptors (Lipinski definition) is 5. The Labute approximate surface area is 191 Å². The van der Waals surface area contributed by atoms with Crippen LogP contribution in [0.2, 0.25) is 0 Å². The number of carbonyl (C=O) groups excluding carboxylic acids is 1. The van der Waals surface area contributed by atoms with Crippen molar-refractivity contribution in [1.29, 1.82) is 0 Å². The van der Waals surface area contributed by atoms with Crippen LogP contribution in [-0.4, -0.2) is 24.0 Å². The topological polar surface area (TPSA) is 54.5 Å². The Kier molecular flexibility index (Phi) is 5.77. The number of amides is 1. The van der Waals surface area contributed by atoms with Crippen molar-refractivity contribution in [2.24, 2.45) is 5.92 Å². The lowest BCUT2D eigenvalue weighted by atomic mass is 10.00. The summed E-state index contributed by atoms with van der Waals surface area (Å²) in [5.74, 6) is 0.935. The summed E-state index contributed by atoms with van der Waals surface area (Å²) in [5.41, 5.74) is 4.46. The Morgan fingerprint density at radius 3 is 2.62 bits per heavy atom. The zero-order chi connectivity index (χ0) is 21.9. The summed E-state index contributed by atoms with van der Waals surface area (Å²) >= 11 is 1.69. The Hall–Kier alpha value is -3.38. The maximum Gasteiger partial charge on any atom is 0.226 e. The fraction of sp³-hybridized carbons (Fsp3) is 0.231. The third-order valence-electron chi connectivity index (χ3n) is 5.69. The number of fused-ring (bicyclic) bond motifs is 1. The minimum absolute atomic E-state index is 0.0113. The number of nitrogens with one attached hydrogen (secondary N) is 1. The monoisotopic (exact) mass is 443 g/mol. The molecule has 0 bridgehead atoms. The van der Waals surface area contributed by atoms with Crippen molar-refractivity contribution >= 4 is 32.6 Å². The number of rotatable bonds is 7. The normalized spacial score (nSPS) is 13.7. The van der Waals surface area contributed by atoms with Crippen molar-refractivity contribution in [1.82, 2.24) is 10.3 Å². The molecule has 0 unspecified atom stereocenters. The summed E-state index contributed by atoms with van der Waals surface area (Å²) in [6.07, 6.45) is 0. The first-order valence-corrected chi connectivity index (χ1v) is 11.6. The summed E-state index contributed by atoms with van der Waals surface area (Å²) in [6.45, 7) is 4.60. The Bertz CT molecular complexity index is 1220.